The maximum Gasteiger partial charge on any atom is 0.307 e. The van der Waals surface area contributed by atoms with Crippen molar-refractivity contribution in [1.82, 2.24) is 4.90 Å². The second-order valence-corrected chi connectivity index (χ2v) is 6.70. The van der Waals surface area contributed by atoms with Crippen molar-refractivity contribution in [1.29, 1.82) is 0 Å². The van der Waals surface area contributed by atoms with Crippen LogP contribution in [-0.4, -0.2) is 54.7 Å². The molecule has 0 saturated carbocycles. The zero-order valence-corrected chi connectivity index (χ0v) is 14.6. The Hall–Kier alpha value is -1.99. The average molecular weight is 369 g/mol. The fourth-order valence-electron chi connectivity index (χ4n) is 3.07. The van der Waals surface area contributed by atoms with Gasteiger partial charge in [-0.15, -0.1) is 0 Å². The van der Waals surface area contributed by atoms with Crippen molar-refractivity contribution in [2.45, 2.75) is 19.3 Å². The molecule has 1 saturated heterocycles. The Morgan fingerprint density at radius 1 is 1.24 bits per heavy atom. The lowest BCUT2D eigenvalue weighted by Crippen LogP contribution is -2.42. The van der Waals surface area contributed by atoms with Gasteiger partial charge in [0.05, 0.1) is 36.4 Å². The summed E-state index contributed by atoms with van der Waals surface area (Å²) in [5.41, 5.74) is 0.461. The number of nitrogens with one attached hydrogen (secondary N) is 1. The summed E-state index contributed by atoms with van der Waals surface area (Å²) in [5.74, 6) is -0.330. The molecule has 1 amide bonds. The minimum absolute atomic E-state index is 0.133. The third kappa shape index (κ3) is 4.55. The molecule has 1 fully saturated rings. The number of hydrogen-bond acceptors (Lipinski definition) is 5. The van der Waals surface area contributed by atoms with E-state index in [1.807, 2.05) is 4.90 Å². The Morgan fingerprint density at radius 2 is 1.96 bits per heavy atom. The molecular weight excluding hydrogens is 348 g/mol. The number of piperidine rings is 1. The number of rotatable bonds is 4. The van der Waals surface area contributed by atoms with Crippen LogP contribution in [0.2, 0.25) is 5.02 Å². The van der Waals surface area contributed by atoms with E-state index in [9.17, 15) is 9.59 Å². The van der Waals surface area contributed by atoms with Gasteiger partial charge in [-0.25, -0.2) is 0 Å². The molecule has 7 nitrogen and oxygen atoms in total. The zero-order valence-electron chi connectivity index (χ0n) is 13.8. The lowest BCUT2D eigenvalue weighted by atomic mass is 9.98. The molecule has 2 aliphatic rings. The van der Waals surface area contributed by atoms with Crippen LogP contribution in [0.25, 0.3) is 0 Å². The number of halogens is 1. The molecular formula is C17H21ClN2O5. The van der Waals surface area contributed by atoms with Crippen molar-refractivity contribution in [3.8, 4) is 11.5 Å². The molecule has 2 N–H and O–H groups in total. The number of nitrogens with zero attached hydrogens (tertiary/aromatic N) is 1. The molecule has 1 aromatic rings. The summed E-state index contributed by atoms with van der Waals surface area (Å²) in [5, 5.41) is 12.3. The molecule has 1 atom stereocenters. The van der Waals surface area contributed by atoms with E-state index in [1.54, 1.807) is 12.1 Å². The molecule has 25 heavy (non-hydrogen) atoms. The minimum atomic E-state index is -0.809. The molecule has 0 aliphatic carbocycles. The van der Waals surface area contributed by atoms with Crippen LogP contribution < -0.4 is 14.8 Å². The number of carbonyl (C=O) groups excluding carboxylic acids is 1. The number of likely N-dealkylation sites (tertiary alicyclic amines) is 1. The van der Waals surface area contributed by atoms with Crippen LogP contribution in [0, 0.1) is 5.92 Å². The highest BCUT2D eigenvalue weighted by molar-refractivity contribution is 6.34. The third-order valence-electron chi connectivity index (χ3n) is 4.33. The SMILES string of the molecule is O=C(CN1CCCC(C(=O)O)C1)Nc1cc2c(cc1Cl)OCCCO2. The van der Waals surface area contributed by atoms with Gasteiger partial charge in [0, 0.05) is 25.1 Å². The number of amides is 1. The van der Waals surface area contributed by atoms with Crippen LogP contribution >= 0.6 is 11.6 Å². The molecule has 1 aromatic carbocycles. The zero-order chi connectivity index (χ0) is 17.8. The highest BCUT2D eigenvalue weighted by Crippen LogP contribution is 2.37. The summed E-state index contributed by atoms with van der Waals surface area (Å²) in [6, 6.07) is 3.30. The van der Waals surface area contributed by atoms with Crippen molar-refractivity contribution in [2.24, 2.45) is 5.92 Å². The Balaban J connectivity index is 1.63. The van der Waals surface area contributed by atoms with Crippen LogP contribution in [0.4, 0.5) is 5.69 Å². The smallest absolute Gasteiger partial charge is 0.307 e. The van der Waals surface area contributed by atoms with E-state index in [2.05, 4.69) is 5.32 Å². The molecule has 0 spiro atoms. The first-order valence-corrected chi connectivity index (χ1v) is 8.75. The lowest BCUT2D eigenvalue weighted by molar-refractivity contribution is -0.144. The fourth-order valence-corrected chi connectivity index (χ4v) is 3.27. The number of benzene rings is 1. The van der Waals surface area contributed by atoms with E-state index >= 15 is 0 Å². The van der Waals surface area contributed by atoms with Crippen molar-refractivity contribution < 1.29 is 24.2 Å². The minimum Gasteiger partial charge on any atom is -0.490 e. The van der Waals surface area contributed by atoms with E-state index in [0.29, 0.717) is 54.9 Å². The Labute approximate surface area is 150 Å². The van der Waals surface area contributed by atoms with Crippen molar-refractivity contribution in [3.63, 3.8) is 0 Å². The normalized spacial score (nSPS) is 20.6. The highest BCUT2D eigenvalue weighted by atomic mass is 35.5. The van der Waals surface area contributed by atoms with Crippen LogP contribution in [0.3, 0.4) is 0 Å². The first kappa shape index (κ1) is 17.8. The topological polar surface area (TPSA) is 88.1 Å². The van der Waals surface area contributed by atoms with Gasteiger partial charge in [0.15, 0.2) is 11.5 Å². The van der Waals surface area contributed by atoms with Gasteiger partial charge in [-0.1, -0.05) is 11.6 Å². The monoisotopic (exact) mass is 368 g/mol. The summed E-state index contributed by atoms with van der Waals surface area (Å²) >= 11 is 6.22. The summed E-state index contributed by atoms with van der Waals surface area (Å²) in [6.07, 6.45) is 2.21. The highest BCUT2D eigenvalue weighted by Gasteiger charge is 2.26. The number of carboxylic acid groups (broad SMARTS) is 1. The summed E-state index contributed by atoms with van der Waals surface area (Å²) in [6.45, 7) is 2.35. The van der Waals surface area contributed by atoms with Crippen LogP contribution in [0.1, 0.15) is 19.3 Å². The van der Waals surface area contributed by atoms with Gasteiger partial charge in [0.1, 0.15) is 0 Å². The summed E-state index contributed by atoms with van der Waals surface area (Å²) in [7, 11) is 0. The van der Waals surface area contributed by atoms with Gasteiger partial charge in [-0.3, -0.25) is 14.5 Å². The van der Waals surface area contributed by atoms with E-state index < -0.39 is 11.9 Å². The van der Waals surface area contributed by atoms with Gasteiger partial charge in [-0.05, 0) is 19.4 Å². The first-order chi connectivity index (χ1) is 12.0. The van der Waals surface area contributed by atoms with Crippen LogP contribution in [-0.2, 0) is 9.59 Å². The van der Waals surface area contributed by atoms with E-state index in [4.69, 9.17) is 26.2 Å². The molecule has 3 rings (SSSR count). The number of ether oxygens (including phenoxy) is 2. The standard InChI is InChI=1S/C17H21ClN2O5/c18-12-7-14-15(25-6-2-5-24-14)8-13(12)19-16(21)10-20-4-1-3-11(9-20)17(22)23/h7-8,11H,1-6,9-10H2,(H,19,21)(H,22,23). The van der Waals surface area contributed by atoms with Gasteiger partial charge >= 0.3 is 5.97 Å². The lowest BCUT2D eigenvalue weighted by Gasteiger charge is -2.29. The van der Waals surface area contributed by atoms with Crippen LogP contribution in [0.15, 0.2) is 12.1 Å². The van der Waals surface area contributed by atoms with Gasteiger partial charge in [-0.2, -0.15) is 0 Å². The molecule has 0 bridgehead atoms. The largest absolute Gasteiger partial charge is 0.490 e. The van der Waals surface area contributed by atoms with Gasteiger partial charge in [0.2, 0.25) is 5.91 Å². The van der Waals surface area contributed by atoms with Crippen molar-refractivity contribution in [3.05, 3.63) is 17.2 Å². The maximum atomic E-state index is 12.3. The molecule has 8 heteroatoms. The Morgan fingerprint density at radius 3 is 2.68 bits per heavy atom. The molecule has 0 radical (unpaired) electrons. The first-order valence-electron chi connectivity index (χ1n) is 8.37. The number of fused-ring (bicyclic) bond motifs is 1. The number of hydrogen-bond donors (Lipinski definition) is 2. The second-order valence-electron chi connectivity index (χ2n) is 6.29. The number of anilines is 1. The molecule has 2 aliphatic heterocycles. The Kier molecular flexibility index (Phi) is 5.65. The van der Waals surface area contributed by atoms with Gasteiger partial charge < -0.3 is 19.9 Å². The van der Waals surface area contributed by atoms with E-state index in [0.717, 1.165) is 12.8 Å². The predicted octanol–water partition coefficient (Wildman–Crippen LogP) is 2.24. The molecule has 136 valence electrons. The van der Waals surface area contributed by atoms with Gasteiger partial charge in [0.25, 0.3) is 0 Å². The molecule has 2 heterocycles. The van der Waals surface area contributed by atoms with E-state index in [-0.39, 0.29) is 12.5 Å². The van der Waals surface area contributed by atoms with Crippen LogP contribution in [0.5, 0.6) is 11.5 Å². The second kappa shape index (κ2) is 7.93. The fraction of sp³-hybridized carbons (Fsp3) is 0.529. The predicted molar refractivity (Wildman–Crippen MR) is 92.5 cm³/mol. The summed E-state index contributed by atoms with van der Waals surface area (Å²) < 4.78 is 11.2. The van der Waals surface area contributed by atoms with E-state index in [1.165, 1.54) is 0 Å². The van der Waals surface area contributed by atoms with Crippen molar-refractivity contribution >= 4 is 29.2 Å². The van der Waals surface area contributed by atoms with Crippen molar-refractivity contribution in [2.75, 3.05) is 38.2 Å². The number of carbonyl (C=O) groups is 2. The third-order valence-corrected chi connectivity index (χ3v) is 4.65. The average Bonchev–Trinajstić information content (AvgIpc) is 2.80. The number of aliphatic carboxylic acids is 1. The quantitative estimate of drug-likeness (QED) is 0.847. The molecule has 0 aromatic heterocycles. The molecule has 1 unspecified atom stereocenters. The summed E-state index contributed by atoms with van der Waals surface area (Å²) in [4.78, 5) is 25.3. The number of carboxylic acids is 1. The maximum absolute atomic E-state index is 12.3. The Bertz CT molecular complexity index is 667.